The molecule has 1 aromatic heterocycles. The van der Waals surface area contributed by atoms with Gasteiger partial charge in [-0.3, -0.25) is 4.79 Å². The van der Waals surface area contributed by atoms with Crippen molar-refractivity contribution < 1.29 is 4.74 Å². The van der Waals surface area contributed by atoms with Crippen LogP contribution in [-0.4, -0.2) is 17.1 Å². The number of benzene rings is 2. The van der Waals surface area contributed by atoms with Crippen molar-refractivity contribution in [3.05, 3.63) is 70.3 Å². The number of methoxy groups -OCH3 is 1. The number of nitrogens with one attached hydrogen (secondary N) is 2. The molecule has 0 aliphatic rings. The van der Waals surface area contributed by atoms with Gasteiger partial charge in [0, 0.05) is 11.6 Å². The van der Waals surface area contributed by atoms with Crippen LogP contribution in [0.25, 0.3) is 10.9 Å². The van der Waals surface area contributed by atoms with Crippen molar-refractivity contribution in [2.45, 2.75) is 25.9 Å². The first-order chi connectivity index (χ1) is 11.6. The lowest BCUT2D eigenvalue weighted by atomic mass is 10.1. The minimum Gasteiger partial charge on any atom is -0.496 e. The molecular weight excluding hydrogens is 302 g/mol. The third-order valence-corrected chi connectivity index (χ3v) is 4.15. The standard InChI is InChI=1S/C19H21N3O2/c1-12(14-8-5-7-11-17(14)24-3)20-13(2)18-21-16-10-6-4-9-15(16)19(23)22-18/h4-13,20H,1-3H3,(H,21,22,23)/t12-,13+/m0/s1. The number of ether oxygens (including phenoxy) is 1. The number of fused-ring (bicyclic) bond motifs is 1. The lowest BCUT2D eigenvalue weighted by Crippen LogP contribution is -2.26. The van der Waals surface area contributed by atoms with Gasteiger partial charge in [-0.2, -0.15) is 0 Å². The van der Waals surface area contributed by atoms with Crippen molar-refractivity contribution in [2.24, 2.45) is 0 Å². The summed E-state index contributed by atoms with van der Waals surface area (Å²) in [7, 11) is 1.66. The van der Waals surface area contributed by atoms with E-state index in [-0.39, 0.29) is 17.6 Å². The Morgan fingerprint density at radius 1 is 1.04 bits per heavy atom. The van der Waals surface area contributed by atoms with Gasteiger partial charge in [-0.1, -0.05) is 30.3 Å². The Bertz CT molecular complexity index is 904. The predicted molar refractivity (Wildman–Crippen MR) is 95.3 cm³/mol. The fourth-order valence-electron chi connectivity index (χ4n) is 2.88. The van der Waals surface area contributed by atoms with Crippen molar-refractivity contribution in [1.82, 2.24) is 15.3 Å². The van der Waals surface area contributed by atoms with Crippen molar-refractivity contribution in [2.75, 3.05) is 7.11 Å². The topological polar surface area (TPSA) is 67.0 Å². The van der Waals surface area contributed by atoms with E-state index in [4.69, 9.17) is 4.74 Å². The van der Waals surface area contributed by atoms with Gasteiger partial charge in [0.25, 0.3) is 5.56 Å². The lowest BCUT2D eigenvalue weighted by Gasteiger charge is -2.21. The molecule has 0 unspecified atom stereocenters. The zero-order chi connectivity index (χ0) is 17.1. The number of hydrogen-bond acceptors (Lipinski definition) is 4. The van der Waals surface area contributed by atoms with Gasteiger partial charge in [0.1, 0.15) is 11.6 Å². The third-order valence-electron chi connectivity index (χ3n) is 4.15. The second kappa shape index (κ2) is 6.84. The van der Waals surface area contributed by atoms with Crippen LogP contribution in [0.15, 0.2) is 53.3 Å². The molecule has 2 atom stereocenters. The maximum absolute atomic E-state index is 12.2. The summed E-state index contributed by atoms with van der Waals surface area (Å²) in [5.41, 5.74) is 1.65. The number of aromatic amines is 1. The van der Waals surface area contributed by atoms with E-state index in [2.05, 4.69) is 22.2 Å². The highest BCUT2D eigenvalue weighted by atomic mass is 16.5. The molecular formula is C19H21N3O2. The van der Waals surface area contributed by atoms with Crippen LogP contribution in [0.1, 0.15) is 37.3 Å². The van der Waals surface area contributed by atoms with E-state index in [1.165, 1.54) is 0 Å². The summed E-state index contributed by atoms with van der Waals surface area (Å²) >= 11 is 0. The summed E-state index contributed by atoms with van der Waals surface area (Å²) in [6.45, 7) is 4.05. The zero-order valence-electron chi connectivity index (χ0n) is 14.0. The fraction of sp³-hybridized carbons (Fsp3) is 0.263. The molecule has 0 fully saturated rings. The van der Waals surface area contributed by atoms with Gasteiger partial charge in [-0.15, -0.1) is 0 Å². The molecule has 24 heavy (non-hydrogen) atoms. The number of nitrogens with zero attached hydrogens (tertiary/aromatic N) is 1. The van der Waals surface area contributed by atoms with E-state index in [9.17, 15) is 4.79 Å². The minimum absolute atomic E-state index is 0.0490. The summed E-state index contributed by atoms with van der Waals surface area (Å²) in [4.78, 5) is 19.7. The molecule has 0 saturated heterocycles. The molecule has 0 aliphatic heterocycles. The lowest BCUT2D eigenvalue weighted by molar-refractivity contribution is 0.395. The van der Waals surface area contributed by atoms with Gasteiger partial charge in [0.2, 0.25) is 0 Å². The van der Waals surface area contributed by atoms with E-state index in [1.54, 1.807) is 13.2 Å². The van der Waals surface area contributed by atoms with Crippen LogP contribution in [-0.2, 0) is 0 Å². The quantitative estimate of drug-likeness (QED) is 0.756. The van der Waals surface area contributed by atoms with Gasteiger partial charge in [-0.05, 0) is 32.0 Å². The van der Waals surface area contributed by atoms with Crippen LogP contribution < -0.4 is 15.6 Å². The van der Waals surface area contributed by atoms with Gasteiger partial charge in [0.05, 0.1) is 24.1 Å². The van der Waals surface area contributed by atoms with E-state index < -0.39 is 0 Å². The molecule has 3 aromatic rings. The second-order valence-corrected chi connectivity index (χ2v) is 5.82. The Balaban J connectivity index is 1.87. The van der Waals surface area contributed by atoms with E-state index in [0.29, 0.717) is 16.7 Å². The van der Waals surface area contributed by atoms with Crippen molar-refractivity contribution >= 4 is 10.9 Å². The van der Waals surface area contributed by atoms with Gasteiger partial charge < -0.3 is 15.0 Å². The molecule has 0 saturated carbocycles. The molecule has 5 heteroatoms. The molecule has 5 nitrogen and oxygen atoms in total. The van der Waals surface area contributed by atoms with Crippen LogP contribution in [0.3, 0.4) is 0 Å². The van der Waals surface area contributed by atoms with Gasteiger partial charge in [-0.25, -0.2) is 4.98 Å². The molecule has 0 spiro atoms. The average Bonchev–Trinajstić information content (AvgIpc) is 2.61. The predicted octanol–water partition coefficient (Wildman–Crippen LogP) is 3.34. The molecule has 0 amide bonds. The summed E-state index contributed by atoms with van der Waals surface area (Å²) in [5, 5.41) is 4.07. The number of aromatic nitrogens is 2. The largest absolute Gasteiger partial charge is 0.496 e. The number of para-hydroxylation sites is 2. The molecule has 1 heterocycles. The summed E-state index contributed by atoms with van der Waals surface area (Å²) < 4.78 is 5.42. The van der Waals surface area contributed by atoms with Gasteiger partial charge in [0.15, 0.2) is 0 Å². The van der Waals surface area contributed by atoms with Crippen LogP contribution in [0.4, 0.5) is 0 Å². The highest BCUT2D eigenvalue weighted by Gasteiger charge is 2.16. The smallest absolute Gasteiger partial charge is 0.258 e. The zero-order valence-corrected chi connectivity index (χ0v) is 14.0. The van der Waals surface area contributed by atoms with Crippen LogP contribution in [0, 0.1) is 0 Å². The van der Waals surface area contributed by atoms with Crippen molar-refractivity contribution in [1.29, 1.82) is 0 Å². The van der Waals surface area contributed by atoms with E-state index in [0.717, 1.165) is 11.3 Å². The molecule has 124 valence electrons. The van der Waals surface area contributed by atoms with Gasteiger partial charge >= 0.3 is 0 Å². The van der Waals surface area contributed by atoms with E-state index in [1.807, 2.05) is 49.4 Å². The van der Waals surface area contributed by atoms with Crippen LogP contribution >= 0.6 is 0 Å². The fourth-order valence-corrected chi connectivity index (χ4v) is 2.88. The highest BCUT2D eigenvalue weighted by Crippen LogP contribution is 2.26. The summed E-state index contributed by atoms with van der Waals surface area (Å²) in [5.74, 6) is 1.46. The molecule has 2 N–H and O–H groups in total. The summed E-state index contributed by atoms with van der Waals surface area (Å²) in [6.07, 6.45) is 0. The number of H-pyrrole nitrogens is 1. The summed E-state index contributed by atoms with van der Waals surface area (Å²) in [6, 6.07) is 15.2. The third kappa shape index (κ3) is 3.16. The first kappa shape index (κ1) is 16.2. The Kier molecular flexibility index (Phi) is 4.62. The SMILES string of the molecule is COc1ccccc1[C@H](C)N[C@H](C)c1nc2ccccc2c(=O)[nH]1. The Morgan fingerprint density at radius 3 is 2.54 bits per heavy atom. The molecule has 0 radical (unpaired) electrons. The molecule has 3 rings (SSSR count). The number of hydrogen-bond donors (Lipinski definition) is 2. The Morgan fingerprint density at radius 2 is 1.75 bits per heavy atom. The molecule has 2 aromatic carbocycles. The van der Waals surface area contributed by atoms with Crippen LogP contribution in [0.2, 0.25) is 0 Å². The van der Waals surface area contributed by atoms with Crippen LogP contribution in [0.5, 0.6) is 5.75 Å². The Hall–Kier alpha value is -2.66. The monoisotopic (exact) mass is 323 g/mol. The number of rotatable bonds is 5. The molecule has 0 bridgehead atoms. The molecule has 0 aliphatic carbocycles. The highest BCUT2D eigenvalue weighted by molar-refractivity contribution is 5.77. The maximum Gasteiger partial charge on any atom is 0.258 e. The maximum atomic E-state index is 12.2. The first-order valence-electron chi connectivity index (χ1n) is 7.98. The first-order valence-corrected chi connectivity index (χ1v) is 7.98. The van der Waals surface area contributed by atoms with Crippen molar-refractivity contribution in [3.8, 4) is 5.75 Å². The van der Waals surface area contributed by atoms with Crippen molar-refractivity contribution in [3.63, 3.8) is 0 Å². The normalized spacial score (nSPS) is 13.6. The minimum atomic E-state index is -0.116. The average molecular weight is 323 g/mol. The van der Waals surface area contributed by atoms with E-state index >= 15 is 0 Å². The second-order valence-electron chi connectivity index (χ2n) is 5.82. The Labute approximate surface area is 140 Å².